The molecule has 8 aromatic carbocycles. The number of fused-ring (bicyclic) bond motifs is 6. The van der Waals surface area contributed by atoms with Crippen molar-refractivity contribution in [2.45, 2.75) is 12.8 Å². The molecular formula is C54H38N2. The standard InChI is InChI=1S/C54H38N2/c1-3-13-37(14-4-1)39-25-29-45(30-26-39)55-51-23-9-7-21-47(51)49-35-43(27-31-53(49)55)44-28-32-54-50(36-44)48-22-8-10-24-52(48)56(54)46-20-12-19-42(34-46)41-18-11-17-40(33-41)38-15-5-2-6-16-38/h1-11,13-18,20-36H,12,19H2. The van der Waals surface area contributed by atoms with Gasteiger partial charge in [0, 0.05) is 32.9 Å². The maximum atomic E-state index is 2.47. The Labute approximate surface area is 326 Å². The van der Waals surface area contributed by atoms with Gasteiger partial charge < -0.3 is 9.13 Å². The summed E-state index contributed by atoms with van der Waals surface area (Å²) in [4.78, 5) is 0. The average molecular weight is 715 g/mol. The van der Waals surface area contributed by atoms with Gasteiger partial charge in [-0.25, -0.2) is 0 Å². The zero-order chi connectivity index (χ0) is 37.0. The molecule has 0 radical (unpaired) electrons. The first-order valence-electron chi connectivity index (χ1n) is 19.6. The number of hydrogen-bond donors (Lipinski definition) is 0. The molecule has 264 valence electrons. The summed E-state index contributed by atoms with van der Waals surface area (Å²) in [5.41, 5.74) is 17.3. The molecule has 0 spiro atoms. The first-order valence-corrected chi connectivity index (χ1v) is 19.6. The van der Waals surface area contributed by atoms with Crippen molar-refractivity contribution >= 4 is 54.9 Å². The number of allylic oxidation sites excluding steroid dienone is 4. The maximum Gasteiger partial charge on any atom is 0.0541 e. The van der Waals surface area contributed by atoms with Crippen LogP contribution in [0.1, 0.15) is 18.4 Å². The Morgan fingerprint density at radius 2 is 0.786 bits per heavy atom. The van der Waals surface area contributed by atoms with E-state index in [-0.39, 0.29) is 0 Å². The van der Waals surface area contributed by atoms with Gasteiger partial charge in [-0.1, -0.05) is 146 Å². The third-order valence-corrected chi connectivity index (χ3v) is 11.6. The molecule has 56 heavy (non-hydrogen) atoms. The Kier molecular flexibility index (Phi) is 7.67. The fraction of sp³-hybridized carbons (Fsp3) is 0.0370. The Morgan fingerprint density at radius 1 is 0.321 bits per heavy atom. The minimum atomic E-state index is 1.01. The molecule has 2 nitrogen and oxygen atoms in total. The van der Waals surface area contributed by atoms with Crippen molar-refractivity contribution in [3.63, 3.8) is 0 Å². The summed E-state index contributed by atoms with van der Waals surface area (Å²) in [6, 6.07) is 70.9. The van der Waals surface area contributed by atoms with E-state index >= 15 is 0 Å². The topological polar surface area (TPSA) is 9.86 Å². The molecule has 0 saturated heterocycles. The van der Waals surface area contributed by atoms with E-state index in [0.29, 0.717) is 0 Å². The first-order chi connectivity index (χ1) is 27.8. The van der Waals surface area contributed by atoms with E-state index < -0.39 is 0 Å². The number of para-hydroxylation sites is 2. The SMILES string of the molecule is C1=C(c2cccc(-c3ccccc3)c2)CCC=C1n1c2ccccc2c2cc(-c3ccc4c(c3)c3ccccc3n4-c3ccc(-c4ccccc4)cc3)ccc21. The van der Waals surface area contributed by atoms with Gasteiger partial charge in [0.15, 0.2) is 0 Å². The van der Waals surface area contributed by atoms with E-state index in [4.69, 9.17) is 0 Å². The highest BCUT2D eigenvalue weighted by Gasteiger charge is 2.18. The molecule has 0 bridgehead atoms. The normalized spacial score (nSPS) is 13.1. The van der Waals surface area contributed by atoms with E-state index in [2.05, 4.69) is 215 Å². The fourth-order valence-corrected chi connectivity index (χ4v) is 8.89. The lowest BCUT2D eigenvalue weighted by molar-refractivity contribution is 1.04. The molecule has 1 aliphatic rings. The van der Waals surface area contributed by atoms with Gasteiger partial charge in [0.05, 0.1) is 22.1 Å². The zero-order valence-electron chi connectivity index (χ0n) is 30.9. The molecule has 0 aliphatic heterocycles. The van der Waals surface area contributed by atoms with Gasteiger partial charge in [-0.3, -0.25) is 0 Å². The van der Waals surface area contributed by atoms with Crippen LogP contribution in [0.2, 0.25) is 0 Å². The van der Waals surface area contributed by atoms with Crippen LogP contribution in [0.3, 0.4) is 0 Å². The predicted octanol–water partition coefficient (Wildman–Crippen LogP) is 14.6. The number of hydrogen-bond acceptors (Lipinski definition) is 0. The molecule has 0 fully saturated rings. The second-order valence-electron chi connectivity index (χ2n) is 14.9. The number of nitrogens with zero attached hydrogens (tertiary/aromatic N) is 2. The summed E-state index contributed by atoms with van der Waals surface area (Å²) in [7, 11) is 0. The molecule has 0 amide bonds. The fourth-order valence-electron chi connectivity index (χ4n) is 8.89. The van der Waals surface area contributed by atoms with Crippen molar-refractivity contribution in [2.75, 3.05) is 0 Å². The van der Waals surface area contributed by atoms with E-state index in [0.717, 1.165) is 18.5 Å². The highest BCUT2D eigenvalue weighted by atomic mass is 15.0. The molecule has 10 aromatic rings. The molecule has 2 heteroatoms. The second kappa shape index (κ2) is 13.3. The van der Waals surface area contributed by atoms with Crippen LogP contribution in [-0.2, 0) is 0 Å². The van der Waals surface area contributed by atoms with Crippen LogP contribution in [0.5, 0.6) is 0 Å². The number of aromatic nitrogens is 2. The van der Waals surface area contributed by atoms with Gasteiger partial charge in [-0.2, -0.15) is 0 Å². The van der Waals surface area contributed by atoms with E-state index in [9.17, 15) is 0 Å². The summed E-state index contributed by atoms with van der Waals surface area (Å²) in [6.07, 6.45) is 6.85. The van der Waals surface area contributed by atoms with Crippen LogP contribution in [0.4, 0.5) is 0 Å². The van der Waals surface area contributed by atoms with E-state index in [1.54, 1.807) is 0 Å². The summed E-state index contributed by atoms with van der Waals surface area (Å²) in [5, 5.41) is 5.06. The Morgan fingerprint density at radius 3 is 1.45 bits per heavy atom. The summed E-state index contributed by atoms with van der Waals surface area (Å²) in [5.74, 6) is 0. The van der Waals surface area contributed by atoms with Gasteiger partial charge in [0.2, 0.25) is 0 Å². The second-order valence-corrected chi connectivity index (χ2v) is 14.9. The molecular weight excluding hydrogens is 677 g/mol. The monoisotopic (exact) mass is 714 g/mol. The number of benzene rings is 8. The van der Waals surface area contributed by atoms with Crippen LogP contribution >= 0.6 is 0 Å². The van der Waals surface area contributed by atoms with E-state index in [1.807, 2.05) is 0 Å². The molecule has 0 N–H and O–H groups in total. The Hall–Kier alpha value is -7.16. The predicted molar refractivity (Wildman–Crippen MR) is 238 cm³/mol. The van der Waals surface area contributed by atoms with Gasteiger partial charge in [-0.15, -0.1) is 0 Å². The van der Waals surface area contributed by atoms with Crippen molar-refractivity contribution in [2.24, 2.45) is 0 Å². The molecule has 2 heterocycles. The van der Waals surface area contributed by atoms with Crippen LogP contribution in [0, 0.1) is 0 Å². The van der Waals surface area contributed by atoms with Gasteiger partial charge >= 0.3 is 0 Å². The summed E-state index contributed by atoms with van der Waals surface area (Å²) in [6.45, 7) is 0. The van der Waals surface area contributed by atoms with Gasteiger partial charge in [-0.05, 0) is 118 Å². The quantitative estimate of drug-likeness (QED) is 0.162. The minimum absolute atomic E-state index is 1.01. The maximum absolute atomic E-state index is 2.47. The van der Waals surface area contributed by atoms with Crippen LogP contribution < -0.4 is 0 Å². The number of rotatable bonds is 6. The van der Waals surface area contributed by atoms with Crippen LogP contribution in [-0.4, -0.2) is 9.13 Å². The molecule has 1 aliphatic carbocycles. The minimum Gasteiger partial charge on any atom is -0.310 e. The Bertz CT molecular complexity index is 3160. The molecule has 11 rings (SSSR count). The van der Waals surface area contributed by atoms with Gasteiger partial charge in [0.25, 0.3) is 0 Å². The molecule has 0 atom stereocenters. The lowest BCUT2D eigenvalue weighted by atomic mass is 9.93. The smallest absolute Gasteiger partial charge is 0.0541 e. The van der Waals surface area contributed by atoms with Crippen molar-refractivity contribution in [1.82, 2.24) is 9.13 Å². The van der Waals surface area contributed by atoms with Crippen molar-refractivity contribution in [3.05, 3.63) is 212 Å². The third-order valence-electron chi connectivity index (χ3n) is 11.6. The summed E-state index contributed by atoms with van der Waals surface area (Å²) >= 11 is 0. The van der Waals surface area contributed by atoms with Crippen molar-refractivity contribution in [1.29, 1.82) is 0 Å². The van der Waals surface area contributed by atoms with E-state index in [1.165, 1.54) is 93.8 Å². The highest BCUT2D eigenvalue weighted by Crippen LogP contribution is 2.40. The van der Waals surface area contributed by atoms with Gasteiger partial charge in [0.1, 0.15) is 0 Å². The third kappa shape index (κ3) is 5.41. The lowest BCUT2D eigenvalue weighted by Gasteiger charge is -2.18. The van der Waals surface area contributed by atoms with Crippen LogP contribution in [0.15, 0.2) is 206 Å². The Balaban J connectivity index is 0.994. The zero-order valence-corrected chi connectivity index (χ0v) is 30.9. The lowest BCUT2D eigenvalue weighted by Crippen LogP contribution is -2.00. The van der Waals surface area contributed by atoms with Crippen molar-refractivity contribution < 1.29 is 0 Å². The van der Waals surface area contributed by atoms with Crippen LogP contribution in [0.25, 0.3) is 93.9 Å². The molecule has 0 unspecified atom stereocenters. The van der Waals surface area contributed by atoms with Crippen molar-refractivity contribution in [3.8, 4) is 39.1 Å². The first kappa shape index (κ1) is 32.3. The largest absolute Gasteiger partial charge is 0.310 e. The average Bonchev–Trinajstić information content (AvgIpc) is 3.79. The molecule has 0 saturated carbocycles. The highest BCUT2D eigenvalue weighted by molar-refractivity contribution is 6.13. The molecule has 2 aromatic heterocycles. The summed E-state index contributed by atoms with van der Waals surface area (Å²) < 4.78 is 4.87.